The summed E-state index contributed by atoms with van der Waals surface area (Å²) in [6, 6.07) is 7.21. The van der Waals surface area contributed by atoms with Crippen LogP contribution in [-0.4, -0.2) is 12.5 Å². The third kappa shape index (κ3) is 4.64. The van der Waals surface area contributed by atoms with E-state index >= 15 is 0 Å². The number of aryl methyl sites for hydroxylation is 1. The van der Waals surface area contributed by atoms with Gasteiger partial charge in [0.15, 0.2) is 0 Å². The Kier molecular flexibility index (Phi) is 6.21. The van der Waals surface area contributed by atoms with Gasteiger partial charge < -0.3 is 11.1 Å². The molecule has 20 heavy (non-hydrogen) atoms. The van der Waals surface area contributed by atoms with Gasteiger partial charge in [-0.1, -0.05) is 57.5 Å². The fourth-order valence-corrected chi connectivity index (χ4v) is 2.49. The predicted molar refractivity (Wildman–Crippen MR) is 84.3 cm³/mol. The first-order chi connectivity index (χ1) is 9.32. The summed E-state index contributed by atoms with van der Waals surface area (Å²) in [7, 11) is 0. The molecule has 0 fully saturated rings. The molecule has 0 bridgehead atoms. The van der Waals surface area contributed by atoms with Gasteiger partial charge in [-0.15, -0.1) is 0 Å². The number of carbonyl (C=O) groups excluding carboxylic acids is 1. The average Bonchev–Trinajstić information content (AvgIpc) is 2.38. The summed E-state index contributed by atoms with van der Waals surface area (Å²) in [5, 5.41) is 2.99. The molecule has 1 aromatic rings. The Morgan fingerprint density at radius 2 is 1.60 bits per heavy atom. The first-order valence-corrected chi connectivity index (χ1v) is 7.42. The van der Waals surface area contributed by atoms with Gasteiger partial charge in [0.1, 0.15) is 6.04 Å². The van der Waals surface area contributed by atoms with Crippen LogP contribution in [0.2, 0.25) is 0 Å². The van der Waals surface area contributed by atoms with Gasteiger partial charge in [0, 0.05) is 6.54 Å². The van der Waals surface area contributed by atoms with Crippen LogP contribution in [0.5, 0.6) is 0 Å². The molecule has 0 aliphatic rings. The van der Waals surface area contributed by atoms with Gasteiger partial charge in [0.05, 0.1) is 0 Å². The molecule has 3 heteroatoms. The molecular formula is C17H28N2O. The zero-order chi connectivity index (χ0) is 15.3. The largest absolute Gasteiger partial charge is 0.354 e. The molecule has 0 spiro atoms. The van der Waals surface area contributed by atoms with Crippen molar-refractivity contribution >= 4 is 5.91 Å². The summed E-state index contributed by atoms with van der Waals surface area (Å²) >= 11 is 0. The lowest BCUT2D eigenvalue weighted by atomic mass is 9.85. The number of hydrogen-bond donors (Lipinski definition) is 2. The molecule has 0 radical (unpaired) electrons. The maximum atomic E-state index is 12.1. The van der Waals surface area contributed by atoms with E-state index in [1.807, 2.05) is 31.2 Å². The van der Waals surface area contributed by atoms with E-state index in [0.717, 1.165) is 5.56 Å². The average molecular weight is 276 g/mol. The van der Waals surface area contributed by atoms with Crippen LogP contribution >= 0.6 is 0 Å². The molecule has 3 N–H and O–H groups in total. The molecule has 0 aromatic heterocycles. The Hall–Kier alpha value is -1.35. The van der Waals surface area contributed by atoms with Crippen LogP contribution in [0.3, 0.4) is 0 Å². The number of nitrogens with one attached hydrogen (secondary N) is 1. The van der Waals surface area contributed by atoms with E-state index in [2.05, 4.69) is 33.0 Å². The quantitative estimate of drug-likeness (QED) is 0.839. The molecule has 0 saturated carbocycles. The number of nitrogens with two attached hydrogens (primary N) is 1. The molecule has 1 unspecified atom stereocenters. The first-order valence-electron chi connectivity index (χ1n) is 7.42. The summed E-state index contributed by atoms with van der Waals surface area (Å²) in [5.41, 5.74) is 8.04. The van der Waals surface area contributed by atoms with Crippen LogP contribution in [0.4, 0.5) is 0 Å². The fourth-order valence-electron chi connectivity index (χ4n) is 2.49. The Labute approximate surface area is 122 Å². The van der Waals surface area contributed by atoms with Crippen LogP contribution in [0.25, 0.3) is 0 Å². The standard InChI is InChI=1S/C17H28N2O/c1-11(2)15(12(3)4)10-19-17(20)16(18)14-8-6-13(5)7-9-14/h6-9,11-12,15-16H,10,18H2,1-5H3,(H,19,20). The van der Waals surface area contributed by atoms with Crippen LogP contribution in [-0.2, 0) is 4.79 Å². The molecule has 0 aliphatic heterocycles. The van der Waals surface area contributed by atoms with E-state index in [1.54, 1.807) is 0 Å². The summed E-state index contributed by atoms with van der Waals surface area (Å²) in [6.07, 6.45) is 0. The zero-order valence-corrected chi connectivity index (χ0v) is 13.3. The fraction of sp³-hybridized carbons (Fsp3) is 0.588. The lowest BCUT2D eigenvalue weighted by Gasteiger charge is -2.25. The molecule has 1 aromatic carbocycles. The predicted octanol–water partition coefficient (Wildman–Crippen LogP) is 3.04. The lowest BCUT2D eigenvalue weighted by molar-refractivity contribution is -0.122. The topological polar surface area (TPSA) is 55.1 Å². The van der Waals surface area contributed by atoms with Gasteiger partial charge in [0.25, 0.3) is 0 Å². The molecule has 1 atom stereocenters. The minimum Gasteiger partial charge on any atom is -0.354 e. The highest BCUT2D eigenvalue weighted by atomic mass is 16.2. The zero-order valence-electron chi connectivity index (χ0n) is 13.3. The highest BCUT2D eigenvalue weighted by Crippen LogP contribution is 2.20. The minimum atomic E-state index is -0.587. The Bertz CT molecular complexity index is 415. The van der Waals surface area contributed by atoms with Crippen molar-refractivity contribution in [3.05, 3.63) is 35.4 Å². The van der Waals surface area contributed by atoms with Crippen molar-refractivity contribution in [3.63, 3.8) is 0 Å². The van der Waals surface area contributed by atoms with Gasteiger partial charge in [0.2, 0.25) is 5.91 Å². The molecule has 0 aliphatic carbocycles. The normalized spacial score (nSPS) is 13.1. The van der Waals surface area contributed by atoms with E-state index in [0.29, 0.717) is 24.3 Å². The number of hydrogen-bond acceptors (Lipinski definition) is 2. The minimum absolute atomic E-state index is 0.0971. The van der Waals surface area contributed by atoms with Gasteiger partial charge in [-0.05, 0) is 30.2 Å². The number of carbonyl (C=O) groups is 1. The van der Waals surface area contributed by atoms with E-state index in [9.17, 15) is 4.79 Å². The van der Waals surface area contributed by atoms with Crippen molar-refractivity contribution in [2.45, 2.75) is 40.7 Å². The number of rotatable bonds is 6. The molecule has 0 heterocycles. The molecule has 1 amide bonds. The van der Waals surface area contributed by atoms with Crippen molar-refractivity contribution in [2.75, 3.05) is 6.54 Å². The highest BCUT2D eigenvalue weighted by Gasteiger charge is 2.21. The van der Waals surface area contributed by atoms with Crippen molar-refractivity contribution in [1.82, 2.24) is 5.32 Å². The van der Waals surface area contributed by atoms with Crippen molar-refractivity contribution < 1.29 is 4.79 Å². The Morgan fingerprint density at radius 3 is 2.05 bits per heavy atom. The second-order valence-electron chi connectivity index (χ2n) is 6.29. The van der Waals surface area contributed by atoms with E-state index < -0.39 is 6.04 Å². The second kappa shape index (κ2) is 7.44. The Morgan fingerprint density at radius 1 is 1.10 bits per heavy atom. The Balaban J connectivity index is 2.60. The van der Waals surface area contributed by atoms with E-state index in [4.69, 9.17) is 5.73 Å². The second-order valence-corrected chi connectivity index (χ2v) is 6.29. The summed E-state index contributed by atoms with van der Waals surface area (Å²) < 4.78 is 0. The third-order valence-electron chi connectivity index (χ3n) is 3.94. The number of amides is 1. The lowest BCUT2D eigenvalue weighted by Crippen LogP contribution is -2.39. The molecule has 0 saturated heterocycles. The first kappa shape index (κ1) is 16.7. The van der Waals surface area contributed by atoms with E-state index in [1.165, 1.54) is 5.56 Å². The molecule has 112 valence electrons. The van der Waals surface area contributed by atoms with E-state index in [-0.39, 0.29) is 5.91 Å². The monoisotopic (exact) mass is 276 g/mol. The maximum absolute atomic E-state index is 12.1. The smallest absolute Gasteiger partial charge is 0.241 e. The molecular weight excluding hydrogens is 248 g/mol. The van der Waals surface area contributed by atoms with Gasteiger partial charge in [-0.2, -0.15) is 0 Å². The van der Waals surface area contributed by atoms with Crippen LogP contribution in [0, 0.1) is 24.7 Å². The number of benzene rings is 1. The molecule has 3 nitrogen and oxygen atoms in total. The van der Waals surface area contributed by atoms with Gasteiger partial charge in [-0.25, -0.2) is 0 Å². The van der Waals surface area contributed by atoms with Crippen molar-refractivity contribution in [2.24, 2.45) is 23.5 Å². The van der Waals surface area contributed by atoms with Crippen LogP contribution in [0.1, 0.15) is 44.9 Å². The van der Waals surface area contributed by atoms with Gasteiger partial charge in [-0.3, -0.25) is 4.79 Å². The van der Waals surface area contributed by atoms with Crippen molar-refractivity contribution in [3.8, 4) is 0 Å². The van der Waals surface area contributed by atoms with Crippen LogP contribution in [0.15, 0.2) is 24.3 Å². The summed E-state index contributed by atoms with van der Waals surface area (Å²) in [5.74, 6) is 1.47. The summed E-state index contributed by atoms with van der Waals surface area (Å²) in [6.45, 7) is 11.5. The maximum Gasteiger partial charge on any atom is 0.241 e. The van der Waals surface area contributed by atoms with Gasteiger partial charge >= 0.3 is 0 Å². The summed E-state index contributed by atoms with van der Waals surface area (Å²) in [4.78, 5) is 12.1. The third-order valence-corrected chi connectivity index (χ3v) is 3.94. The molecule has 1 rings (SSSR count). The SMILES string of the molecule is Cc1ccc(C(N)C(=O)NCC(C(C)C)C(C)C)cc1. The van der Waals surface area contributed by atoms with Crippen molar-refractivity contribution in [1.29, 1.82) is 0 Å². The van der Waals surface area contributed by atoms with Crippen LogP contribution < -0.4 is 11.1 Å². The highest BCUT2D eigenvalue weighted by molar-refractivity contribution is 5.82.